The van der Waals surface area contributed by atoms with Crippen LogP contribution in [0.15, 0.2) is 111 Å². The fourth-order valence-corrected chi connectivity index (χ4v) is 3.84. The van der Waals surface area contributed by atoms with Crippen molar-refractivity contribution in [2.75, 3.05) is 18.6 Å². The molecule has 0 unspecified atom stereocenters. The van der Waals surface area contributed by atoms with Crippen LogP contribution in [0.25, 0.3) is 0 Å². The van der Waals surface area contributed by atoms with Crippen LogP contribution in [0.2, 0.25) is 0 Å². The van der Waals surface area contributed by atoms with E-state index in [1.165, 1.54) is 12.1 Å². The third-order valence-corrected chi connectivity index (χ3v) is 5.94. The largest absolute Gasteiger partial charge is 0.487 e. The first-order valence-corrected chi connectivity index (χ1v) is 11.3. The second kappa shape index (κ2) is 9.88. The van der Waals surface area contributed by atoms with Gasteiger partial charge in [-0.15, -0.1) is 15.3 Å². The molecule has 9 heteroatoms. The van der Waals surface area contributed by atoms with Gasteiger partial charge in [-0.2, -0.15) is 0 Å². The smallest absolute Gasteiger partial charge is 0.289 e. The molecule has 1 heterocycles. The van der Waals surface area contributed by atoms with E-state index in [2.05, 4.69) is 20.8 Å². The van der Waals surface area contributed by atoms with Gasteiger partial charge in [0, 0.05) is 0 Å². The van der Waals surface area contributed by atoms with Gasteiger partial charge in [-0.1, -0.05) is 42.5 Å². The van der Waals surface area contributed by atoms with E-state index in [1.54, 1.807) is 60.7 Å². The van der Waals surface area contributed by atoms with Crippen LogP contribution in [0.3, 0.4) is 0 Å². The Morgan fingerprint density at radius 1 is 0.719 bits per heavy atom. The molecule has 0 bridgehead atoms. The maximum absolute atomic E-state index is 13.2. The first-order chi connectivity index (χ1) is 15.6. The molecule has 0 aromatic heterocycles. The van der Waals surface area contributed by atoms with E-state index in [0.717, 1.165) is 0 Å². The van der Waals surface area contributed by atoms with E-state index in [9.17, 15) is 8.42 Å². The molecule has 8 nitrogen and oxygen atoms in total. The molecular formula is C23H20N4O4S. The van der Waals surface area contributed by atoms with Crippen molar-refractivity contribution in [1.82, 2.24) is 0 Å². The van der Waals surface area contributed by atoms with Crippen LogP contribution < -0.4 is 14.9 Å². The normalized spacial score (nSPS) is 16.9. The number of nitrogens with zero attached hydrogens (tertiary/aromatic N) is 3. The predicted molar refractivity (Wildman–Crippen MR) is 122 cm³/mol. The van der Waals surface area contributed by atoms with Crippen LogP contribution in [0.5, 0.6) is 11.5 Å². The Morgan fingerprint density at radius 2 is 1.34 bits per heavy atom. The molecule has 1 aliphatic heterocycles. The van der Waals surface area contributed by atoms with Gasteiger partial charge in [0.1, 0.15) is 30.4 Å². The van der Waals surface area contributed by atoms with Crippen LogP contribution in [-0.4, -0.2) is 26.8 Å². The second-order valence-electron chi connectivity index (χ2n) is 6.58. The summed E-state index contributed by atoms with van der Waals surface area (Å²) in [7, 11) is -4.05. The number of hydrogen-bond acceptors (Lipinski definition) is 8. The summed E-state index contributed by atoms with van der Waals surface area (Å²) < 4.78 is 37.9. The molecule has 32 heavy (non-hydrogen) atoms. The lowest BCUT2D eigenvalue weighted by atomic mass is 10.3. The summed E-state index contributed by atoms with van der Waals surface area (Å²) >= 11 is 0. The van der Waals surface area contributed by atoms with E-state index < -0.39 is 15.0 Å². The lowest BCUT2D eigenvalue weighted by Crippen LogP contribution is -2.14. The first-order valence-electron chi connectivity index (χ1n) is 9.79. The molecule has 4 rings (SSSR count). The molecule has 162 valence electrons. The van der Waals surface area contributed by atoms with Crippen molar-refractivity contribution in [1.29, 1.82) is 0 Å². The number of hydrogen-bond donors (Lipinski definition) is 1. The lowest BCUT2D eigenvalue weighted by Gasteiger charge is -2.10. The number of sulfone groups is 1. The summed E-state index contributed by atoms with van der Waals surface area (Å²) in [6, 6.07) is 22.0. The Morgan fingerprint density at radius 3 is 2.12 bits per heavy atom. The number of benzene rings is 3. The van der Waals surface area contributed by atoms with Crippen LogP contribution in [0.4, 0.5) is 11.4 Å². The van der Waals surface area contributed by atoms with Gasteiger partial charge in [-0.3, -0.25) is 5.43 Å². The van der Waals surface area contributed by atoms with E-state index in [4.69, 9.17) is 9.47 Å². The van der Waals surface area contributed by atoms with Crippen molar-refractivity contribution in [3.8, 4) is 11.5 Å². The molecule has 0 atom stereocenters. The third kappa shape index (κ3) is 5.01. The molecule has 0 fully saturated rings. The Bertz CT molecular complexity index is 1270. The van der Waals surface area contributed by atoms with Crippen LogP contribution >= 0.6 is 0 Å². The molecule has 0 spiro atoms. The highest BCUT2D eigenvalue weighted by molar-refractivity contribution is 8.06. The summed E-state index contributed by atoms with van der Waals surface area (Å²) in [5, 5.41) is 11.7. The quantitative estimate of drug-likeness (QED) is 0.531. The number of azo groups is 1. The summed E-state index contributed by atoms with van der Waals surface area (Å²) in [6.07, 6.45) is 3.65. The van der Waals surface area contributed by atoms with Crippen LogP contribution in [0.1, 0.15) is 0 Å². The van der Waals surface area contributed by atoms with Crippen molar-refractivity contribution in [2.45, 2.75) is 4.90 Å². The molecule has 3 aromatic carbocycles. The molecule has 1 aliphatic rings. The van der Waals surface area contributed by atoms with Crippen LogP contribution in [0, 0.1) is 0 Å². The van der Waals surface area contributed by atoms with Gasteiger partial charge in [0.15, 0.2) is 0 Å². The molecule has 0 saturated heterocycles. The van der Waals surface area contributed by atoms with Crippen LogP contribution in [-0.2, 0) is 9.84 Å². The van der Waals surface area contributed by atoms with Crippen molar-refractivity contribution in [3.63, 3.8) is 0 Å². The van der Waals surface area contributed by atoms with Crippen molar-refractivity contribution in [2.24, 2.45) is 15.3 Å². The second-order valence-corrected chi connectivity index (χ2v) is 8.42. The molecule has 0 aliphatic carbocycles. The molecule has 3 aromatic rings. The zero-order valence-corrected chi connectivity index (χ0v) is 17.8. The number of ether oxygens (including phenoxy) is 2. The highest BCUT2D eigenvalue weighted by Crippen LogP contribution is 2.28. The van der Waals surface area contributed by atoms with E-state index in [-0.39, 0.29) is 4.90 Å². The van der Waals surface area contributed by atoms with Gasteiger partial charge in [-0.25, -0.2) is 8.42 Å². The van der Waals surface area contributed by atoms with Gasteiger partial charge in [-0.05, 0) is 48.6 Å². The molecule has 0 radical (unpaired) electrons. The van der Waals surface area contributed by atoms with E-state index >= 15 is 0 Å². The first kappa shape index (κ1) is 21.3. The molecule has 0 amide bonds. The topological polar surface area (TPSA) is 102 Å². The maximum Gasteiger partial charge on any atom is 0.289 e. The summed E-state index contributed by atoms with van der Waals surface area (Å²) in [5.74, 6) is 0.970. The van der Waals surface area contributed by atoms with E-state index in [1.807, 2.05) is 18.2 Å². The number of anilines is 1. The fraction of sp³-hybridized carbons (Fsp3) is 0.0870. The average Bonchev–Trinajstić information content (AvgIpc) is 2.83. The fourth-order valence-electron chi connectivity index (χ4n) is 2.80. The standard InChI is InChI=1S/C23H20N4O4S/c28-32(29,18-10-2-1-3-11-18)23-26-24-19-12-4-6-14-21(19)30-16-8-9-17-31-22-15-7-5-13-20(22)25-27-23/h1-15,24H,16-17H2/b9-8+,26-23+,27-25?. The Kier molecular flexibility index (Phi) is 6.57. The summed E-state index contributed by atoms with van der Waals surface area (Å²) in [4.78, 5) is 0.0516. The zero-order chi connectivity index (χ0) is 22.2. The summed E-state index contributed by atoms with van der Waals surface area (Å²) in [6.45, 7) is 0.594. The number of hydrazone groups is 1. The number of para-hydroxylation sites is 3. The third-order valence-electron chi connectivity index (χ3n) is 4.40. The van der Waals surface area contributed by atoms with E-state index in [0.29, 0.717) is 36.1 Å². The highest BCUT2D eigenvalue weighted by Gasteiger charge is 2.23. The van der Waals surface area contributed by atoms with Crippen molar-refractivity contribution in [3.05, 3.63) is 91.0 Å². The Labute approximate surface area is 185 Å². The maximum atomic E-state index is 13.2. The number of nitrogens with one attached hydrogen (secondary N) is 1. The van der Waals surface area contributed by atoms with Crippen molar-refractivity contribution >= 4 is 26.4 Å². The minimum absolute atomic E-state index is 0.0516. The zero-order valence-electron chi connectivity index (χ0n) is 17.0. The number of fused-ring (bicyclic) bond motifs is 2. The Balaban J connectivity index is 1.80. The number of rotatable bonds is 1. The summed E-state index contributed by atoms with van der Waals surface area (Å²) in [5.41, 5.74) is 3.62. The molecular weight excluding hydrogens is 428 g/mol. The van der Waals surface area contributed by atoms with Crippen molar-refractivity contribution < 1.29 is 17.9 Å². The monoisotopic (exact) mass is 448 g/mol. The van der Waals surface area contributed by atoms with Gasteiger partial charge in [0.2, 0.25) is 9.84 Å². The van der Waals surface area contributed by atoms with Gasteiger partial charge in [0.25, 0.3) is 5.17 Å². The highest BCUT2D eigenvalue weighted by atomic mass is 32.2. The average molecular weight is 449 g/mol. The van der Waals surface area contributed by atoms with Gasteiger partial charge >= 0.3 is 0 Å². The molecule has 0 saturated carbocycles. The molecule has 1 N–H and O–H groups in total. The van der Waals surface area contributed by atoms with Gasteiger partial charge in [0.05, 0.1) is 10.6 Å². The predicted octanol–water partition coefficient (Wildman–Crippen LogP) is 4.95. The number of amidine groups is 1. The van der Waals surface area contributed by atoms with Gasteiger partial charge < -0.3 is 9.47 Å². The minimum atomic E-state index is -4.05. The lowest BCUT2D eigenvalue weighted by molar-refractivity contribution is 0.351. The SMILES string of the molecule is O=S(=O)(/C1=N/Nc2ccccc2OC/C=C/COc2ccccc2N=N1)c1ccccc1. The minimum Gasteiger partial charge on any atom is -0.487 e. The Hall–Kier alpha value is -3.98.